The molecule has 1 aliphatic heterocycles. The van der Waals surface area contributed by atoms with Gasteiger partial charge in [-0.1, -0.05) is 18.2 Å². The maximum absolute atomic E-state index is 13.4. The highest BCUT2D eigenvalue weighted by molar-refractivity contribution is 6.52. The minimum atomic E-state index is -0.930. The highest BCUT2D eigenvalue weighted by Crippen LogP contribution is 2.45. The fourth-order valence-corrected chi connectivity index (χ4v) is 4.14. The summed E-state index contributed by atoms with van der Waals surface area (Å²) >= 11 is 0. The predicted octanol–water partition coefficient (Wildman–Crippen LogP) is 4.51. The second-order valence-corrected chi connectivity index (χ2v) is 7.65. The van der Waals surface area contributed by atoms with Gasteiger partial charge in [-0.25, -0.2) is 0 Å². The Balaban J connectivity index is 1.95. The Hall–Kier alpha value is -4.33. The van der Waals surface area contributed by atoms with Crippen molar-refractivity contribution < 1.29 is 28.9 Å². The third-order valence-corrected chi connectivity index (χ3v) is 5.61. The standard InChI is InChI=1S/C27H26N2O6/c1-4-34-18-12-13-19(22(15-18)35-5-2)25(30)23-24(17-9-8-14-28-16-17)29(27(32)26(23)31)20-10-6-7-11-21(20)33-3/h6-16,24,30H,4-5H2,1-3H3/b25-23-. The Morgan fingerprint density at radius 2 is 1.77 bits per heavy atom. The van der Waals surface area contributed by atoms with Gasteiger partial charge in [0.2, 0.25) is 0 Å². The van der Waals surface area contributed by atoms with E-state index in [9.17, 15) is 14.7 Å². The Bertz CT molecular complexity index is 1270. The number of hydrogen-bond acceptors (Lipinski definition) is 7. The second kappa shape index (κ2) is 10.3. The van der Waals surface area contributed by atoms with E-state index in [-0.39, 0.29) is 16.9 Å². The largest absolute Gasteiger partial charge is 0.507 e. The highest BCUT2D eigenvalue weighted by atomic mass is 16.5. The molecule has 4 rings (SSSR count). The number of methoxy groups -OCH3 is 1. The fourth-order valence-electron chi connectivity index (χ4n) is 4.14. The van der Waals surface area contributed by atoms with Crippen molar-refractivity contribution in [3.63, 3.8) is 0 Å². The van der Waals surface area contributed by atoms with Gasteiger partial charge in [0.05, 0.1) is 43.2 Å². The molecule has 1 atom stereocenters. The first-order valence-corrected chi connectivity index (χ1v) is 11.3. The molecule has 0 aliphatic carbocycles. The molecule has 1 N–H and O–H groups in total. The Labute approximate surface area is 203 Å². The van der Waals surface area contributed by atoms with E-state index < -0.39 is 17.7 Å². The van der Waals surface area contributed by atoms with Crippen LogP contribution in [0.5, 0.6) is 17.2 Å². The molecule has 180 valence electrons. The van der Waals surface area contributed by atoms with Gasteiger partial charge >= 0.3 is 0 Å². The summed E-state index contributed by atoms with van der Waals surface area (Å²) in [6.45, 7) is 4.47. The van der Waals surface area contributed by atoms with Crippen LogP contribution in [0.1, 0.15) is 31.0 Å². The molecule has 8 nitrogen and oxygen atoms in total. The molecule has 0 saturated carbocycles. The van der Waals surface area contributed by atoms with Gasteiger partial charge in [-0.15, -0.1) is 0 Å². The van der Waals surface area contributed by atoms with Crippen LogP contribution in [0.4, 0.5) is 5.69 Å². The first-order valence-electron chi connectivity index (χ1n) is 11.3. The SMILES string of the molecule is CCOc1ccc(/C(O)=C2/C(=O)C(=O)N(c3ccccc3OC)C2c2cccnc2)c(OCC)c1. The molecular weight excluding hydrogens is 448 g/mol. The van der Waals surface area contributed by atoms with Crippen molar-refractivity contribution in [3.05, 3.63) is 83.7 Å². The number of ketones is 1. The topological polar surface area (TPSA) is 98.2 Å². The number of benzene rings is 2. The monoisotopic (exact) mass is 474 g/mol. The van der Waals surface area contributed by atoms with Gasteiger partial charge in [0.25, 0.3) is 11.7 Å². The summed E-state index contributed by atoms with van der Waals surface area (Å²) < 4.78 is 16.8. The number of ether oxygens (including phenoxy) is 3. The summed E-state index contributed by atoms with van der Waals surface area (Å²) in [7, 11) is 1.49. The number of anilines is 1. The quantitative estimate of drug-likeness (QED) is 0.291. The molecule has 1 saturated heterocycles. The molecule has 0 radical (unpaired) electrons. The maximum atomic E-state index is 13.4. The number of nitrogens with zero attached hydrogens (tertiary/aromatic N) is 2. The number of carbonyl (C=O) groups excluding carboxylic acids is 2. The summed E-state index contributed by atoms with van der Waals surface area (Å²) in [6.07, 6.45) is 3.16. The second-order valence-electron chi connectivity index (χ2n) is 7.65. The summed E-state index contributed by atoms with van der Waals surface area (Å²) in [5.41, 5.74) is 1.17. The maximum Gasteiger partial charge on any atom is 0.300 e. The Kier molecular flexibility index (Phi) is 7.01. The lowest BCUT2D eigenvalue weighted by atomic mass is 9.95. The van der Waals surface area contributed by atoms with Crippen LogP contribution in [0.3, 0.4) is 0 Å². The fraction of sp³-hybridized carbons (Fsp3) is 0.222. The predicted molar refractivity (Wildman–Crippen MR) is 131 cm³/mol. The van der Waals surface area contributed by atoms with Crippen LogP contribution in [0.25, 0.3) is 5.76 Å². The van der Waals surface area contributed by atoms with Gasteiger partial charge < -0.3 is 19.3 Å². The number of aliphatic hydroxyl groups is 1. The lowest BCUT2D eigenvalue weighted by molar-refractivity contribution is -0.132. The summed E-state index contributed by atoms with van der Waals surface area (Å²) in [5, 5.41) is 11.5. The number of aliphatic hydroxyl groups excluding tert-OH is 1. The number of amides is 1. The molecule has 0 spiro atoms. The molecule has 1 aromatic heterocycles. The van der Waals surface area contributed by atoms with Crippen LogP contribution >= 0.6 is 0 Å². The van der Waals surface area contributed by atoms with Crippen molar-refractivity contribution in [3.8, 4) is 17.2 Å². The Morgan fingerprint density at radius 3 is 2.46 bits per heavy atom. The number of aromatic nitrogens is 1. The lowest BCUT2D eigenvalue weighted by Crippen LogP contribution is -2.29. The van der Waals surface area contributed by atoms with E-state index in [0.29, 0.717) is 41.7 Å². The zero-order valence-electron chi connectivity index (χ0n) is 19.7. The van der Waals surface area contributed by atoms with Gasteiger partial charge in [-0.2, -0.15) is 0 Å². The number of para-hydroxylation sites is 2. The zero-order chi connectivity index (χ0) is 24.9. The van der Waals surface area contributed by atoms with Crippen molar-refractivity contribution >= 4 is 23.1 Å². The average Bonchev–Trinajstić information content (AvgIpc) is 3.15. The van der Waals surface area contributed by atoms with Crippen molar-refractivity contribution in [1.29, 1.82) is 0 Å². The van der Waals surface area contributed by atoms with E-state index in [1.165, 1.54) is 12.0 Å². The molecule has 1 unspecified atom stereocenters. The molecule has 35 heavy (non-hydrogen) atoms. The van der Waals surface area contributed by atoms with Gasteiger partial charge in [0.15, 0.2) is 0 Å². The number of hydrogen-bond donors (Lipinski definition) is 1. The third-order valence-electron chi connectivity index (χ3n) is 5.61. The Morgan fingerprint density at radius 1 is 1.00 bits per heavy atom. The highest BCUT2D eigenvalue weighted by Gasteiger charge is 2.48. The van der Waals surface area contributed by atoms with Gasteiger partial charge in [0.1, 0.15) is 23.0 Å². The minimum absolute atomic E-state index is 0.0704. The van der Waals surface area contributed by atoms with Gasteiger partial charge in [-0.05, 0) is 49.7 Å². The molecule has 3 aromatic rings. The minimum Gasteiger partial charge on any atom is -0.507 e. The van der Waals surface area contributed by atoms with Crippen molar-refractivity contribution in [1.82, 2.24) is 4.98 Å². The molecule has 2 aromatic carbocycles. The van der Waals surface area contributed by atoms with E-state index in [1.54, 1.807) is 67.0 Å². The number of Topliss-reactive ketones (excluding diaryl/α,β-unsaturated/α-hetero) is 1. The number of rotatable bonds is 8. The van der Waals surface area contributed by atoms with E-state index >= 15 is 0 Å². The smallest absolute Gasteiger partial charge is 0.300 e. The molecule has 0 bridgehead atoms. The van der Waals surface area contributed by atoms with Gasteiger partial charge in [-0.3, -0.25) is 19.5 Å². The van der Waals surface area contributed by atoms with Crippen LogP contribution in [0, 0.1) is 0 Å². The first-order chi connectivity index (χ1) is 17.0. The van der Waals surface area contributed by atoms with E-state index in [1.807, 2.05) is 13.8 Å². The molecule has 8 heteroatoms. The van der Waals surface area contributed by atoms with Crippen LogP contribution in [-0.4, -0.2) is 42.1 Å². The third kappa shape index (κ3) is 4.42. The average molecular weight is 475 g/mol. The van der Waals surface area contributed by atoms with E-state index in [4.69, 9.17) is 14.2 Å². The van der Waals surface area contributed by atoms with Crippen molar-refractivity contribution in [2.45, 2.75) is 19.9 Å². The number of carbonyl (C=O) groups is 2. The summed E-state index contributed by atoms with van der Waals surface area (Å²) in [6, 6.07) is 14.4. The van der Waals surface area contributed by atoms with Crippen LogP contribution < -0.4 is 19.1 Å². The van der Waals surface area contributed by atoms with Crippen molar-refractivity contribution in [2.75, 3.05) is 25.2 Å². The van der Waals surface area contributed by atoms with Crippen LogP contribution in [-0.2, 0) is 9.59 Å². The molecule has 2 heterocycles. The van der Waals surface area contributed by atoms with Crippen molar-refractivity contribution in [2.24, 2.45) is 0 Å². The molecule has 1 fully saturated rings. The lowest BCUT2D eigenvalue weighted by Gasteiger charge is -2.26. The van der Waals surface area contributed by atoms with Gasteiger partial charge in [0, 0.05) is 18.5 Å². The van der Waals surface area contributed by atoms with Crippen LogP contribution in [0.2, 0.25) is 0 Å². The summed E-state index contributed by atoms with van der Waals surface area (Å²) in [5.74, 6) is -0.636. The molecular formula is C27H26N2O6. The first kappa shape index (κ1) is 23.8. The van der Waals surface area contributed by atoms with Crippen LogP contribution in [0.15, 0.2) is 72.6 Å². The van der Waals surface area contributed by atoms with E-state index in [0.717, 1.165) is 0 Å². The molecule has 1 amide bonds. The summed E-state index contributed by atoms with van der Waals surface area (Å²) in [4.78, 5) is 32.2. The normalized spacial score (nSPS) is 16.9. The molecule has 1 aliphatic rings. The zero-order valence-corrected chi connectivity index (χ0v) is 19.7. The number of pyridine rings is 1. The van der Waals surface area contributed by atoms with E-state index in [2.05, 4.69) is 4.98 Å².